The number of esters is 3. The van der Waals surface area contributed by atoms with E-state index < -0.39 is 24.0 Å². The lowest BCUT2D eigenvalue weighted by Crippen LogP contribution is -2.21. The van der Waals surface area contributed by atoms with Crippen LogP contribution in [0.3, 0.4) is 0 Å². The number of carbonyl (C=O) groups is 4. The fourth-order valence-electron chi connectivity index (χ4n) is 2.37. The molecule has 7 nitrogen and oxygen atoms in total. The first kappa shape index (κ1) is 21.6. The van der Waals surface area contributed by atoms with E-state index >= 15 is 0 Å². The zero-order chi connectivity index (χ0) is 21.1. The molecule has 0 saturated carbocycles. The summed E-state index contributed by atoms with van der Waals surface area (Å²) < 4.78 is 15.2. The van der Waals surface area contributed by atoms with Crippen LogP contribution in [0.25, 0.3) is 0 Å². The summed E-state index contributed by atoms with van der Waals surface area (Å²) in [5, 5.41) is 0. The molecule has 1 unspecified atom stereocenters. The van der Waals surface area contributed by atoms with Crippen molar-refractivity contribution in [1.82, 2.24) is 0 Å². The first-order valence-corrected chi connectivity index (χ1v) is 8.79. The highest BCUT2D eigenvalue weighted by Crippen LogP contribution is 2.17. The van der Waals surface area contributed by atoms with Crippen molar-refractivity contribution < 1.29 is 33.4 Å². The Kier molecular flexibility index (Phi) is 8.31. The first-order chi connectivity index (χ1) is 14.0. The highest BCUT2D eigenvalue weighted by atomic mass is 16.6. The average molecular weight is 396 g/mol. The number of ether oxygens (including phenoxy) is 3. The largest absolute Gasteiger partial charge is 0.466 e. The second-order valence-corrected chi connectivity index (χ2v) is 5.89. The third-order valence-corrected chi connectivity index (χ3v) is 3.78. The molecule has 0 spiro atoms. The van der Waals surface area contributed by atoms with E-state index in [2.05, 4.69) is 4.74 Å². The SMILES string of the molecule is COC(=O)C=C(CC(CC=O)OC(=O)c1ccccc1)OC(=O)c1ccccc1. The molecule has 29 heavy (non-hydrogen) atoms. The lowest BCUT2D eigenvalue weighted by molar-refractivity contribution is -0.135. The normalized spacial score (nSPS) is 11.8. The van der Waals surface area contributed by atoms with Crippen molar-refractivity contribution in [3.8, 4) is 0 Å². The van der Waals surface area contributed by atoms with Gasteiger partial charge in [-0.05, 0) is 24.3 Å². The van der Waals surface area contributed by atoms with Crippen molar-refractivity contribution in [2.45, 2.75) is 18.9 Å². The number of hydrogen-bond acceptors (Lipinski definition) is 7. The van der Waals surface area contributed by atoms with E-state index in [0.717, 1.165) is 6.08 Å². The van der Waals surface area contributed by atoms with Crippen LogP contribution in [0.1, 0.15) is 33.6 Å². The van der Waals surface area contributed by atoms with E-state index in [9.17, 15) is 19.2 Å². The molecule has 2 aromatic carbocycles. The third kappa shape index (κ3) is 7.06. The molecule has 0 N–H and O–H groups in total. The predicted octanol–water partition coefficient (Wildman–Crippen LogP) is 3.11. The molecule has 0 aliphatic rings. The lowest BCUT2D eigenvalue weighted by atomic mass is 10.1. The minimum atomic E-state index is -0.931. The Bertz CT molecular complexity index is 873. The van der Waals surface area contributed by atoms with Crippen molar-refractivity contribution in [1.29, 1.82) is 0 Å². The van der Waals surface area contributed by atoms with Crippen molar-refractivity contribution in [3.63, 3.8) is 0 Å². The van der Waals surface area contributed by atoms with Gasteiger partial charge in [-0.1, -0.05) is 36.4 Å². The van der Waals surface area contributed by atoms with Crippen molar-refractivity contribution in [2.75, 3.05) is 7.11 Å². The van der Waals surface area contributed by atoms with E-state index in [1.165, 1.54) is 7.11 Å². The van der Waals surface area contributed by atoms with Gasteiger partial charge in [-0.15, -0.1) is 0 Å². The fourth-order valence-corrected chi connectivity index (χ4v) is 2.37. The summed E-state index contributed by atoms with van der Waals surface area (Å²) in [5.41, 5.74) is 0.583. The van der Waals surface area contributed by atoms with Crippen molar-refractivity contribution in [3.05, 3.63) is 83.6 Å². The summed E-state index contributed by atoms with van der Waals surface area (Å²) in [5.74, 6) is -2.16. The van der Waals surface area contributed by atoms with Crippen molar-refractivity contribution >= 4 is 24.2 Å². The molecule has 2 aromatic rings. The van der Waals surface area contributed by atoms with Crippen LogP contribution in [0.15, 0.2) is 72.5 Å². The number of rotatable bonds is 9. The molecule has 150 valence electrons. The van der Waals surface area contributed by atoms with E-state index in [1.54, 1.807) is 60.7 Å². The maximum absolute atomic E-state index is 12.3. The zero-order valence-electron chi connectivity index (χ0n) is 15.8. The third-order valence-electron chi connectivity index (χ3n) is 3.78. The number of aldehydes is 1. The van der Waals surface area contributed by atoms with E-state index in [1.807, 2.05) is 0 Å². The summed E-state index contributed by atoms with van der Waals surface area (Å²) in [7, 11) is 1.17. The molecule has 0 amide bonds. The van der Waals surface area contributed by atoms with Gasteiger partial charge >= 0.3 is 17.9 Å². The molecular weight excluding hydrogens is 376 g/mol. The molecule has 2 rings (SSSR count). The van der Waals surface area contributed by atoms with Gasteiger partial charge in [0.05, 0.1) is 24.3 Å². The molecule has 0 aromatic heterocycles. The van der Waals surface area contributed by atoms with Crippen LogP contribution in [0, 0.1) is 0 Å². The van der Waals surface area contributed by atoms with Gasteiger partial charge in [-0.2, -0.15) is 0 Å². The number of carbonyl (C=O) groups excluding carboxylic acids is 4. The molecule has 0 heterocycles. The standard InChI is InChI=1S/C22H20O7/c1-27-20(24)15-19(29-22(26)17-10-6-3-7-11-17)14-18(12-13-23)28-21(25)16-8-4-2-5-9-16/h2-11,13,15,18H,12,14H2,1H3. The van der Waals surface area contributed by atoms with Gasteiger partial charge in [0.25, 0.3) is 0 Å². The van der Waals surface area contributed by atoms with Gasteiger partial charge in [0.2, 0.25) is 0 Å². The number of hydrogen-bond donors (Lipinski definition) is 0. The maximum Gasteiger partial charge on any atom is 0.343 e. The van der Waals surface area contributed by atoms with Crippen LogP contribution in [0.5, 0.6) is 0 Å². The minimum absolute atomic E-state index is 0.0848. The molecule has 0 saturated heterocycles. The topological polar surface area (TPSA) is 96.0 Å². The van der Waals surface area contributed by atoms with Crippen LogP contribution in [-0.4, -0.2) is 37.4 Å². The maximum atomic E-state index is 12.3. The highest BCUT2D eigenvalue weighted by Gasteiger charge is 2.21. The first-order valence-electron chi connectivity index (χ1n) is 8.79. The fraction of sp³-hybridized carbons (Fsp3) is 0.182. The van der Waals surface area contributed by atoms with Crippen LogP contribution < -0.4 is 0 Å². The van der Waals surface area contributed by atoms with Gasteiger partial charge in [0.1, 0.15) is 18.1 Å². The average Bonchev–Trinajstić information content (AvgIpc) is 2.74. The van der Waals surface area contributed by atoms with Gasteiger partial charge in [0, 0.05) is 12.8 Å². The Morgan fingerprint density at radius 2 is 1.45 bits per heavy atom. The minimum Gasteiger partial charge on any atom is -0.466 e. The molecule has 0 aliphatic carbocycles. The molecule has 0 radical (unpaired) electrons. The van der Waals surface area contributed by atoms with Gasteiger partial charge < -0.3 is 19.0 Å². The Labute approximate surface area is 167 Å². The monoisotopic (exact) mass is 396 g/mol. The molecule has 7 heteroatoms. The van der Waals surface area contributed by atoms with Crippen LogP contribution in [0.2, 0.25) is 0 Å². The smallest absolute Gasteiger partial charge is 0.343 e. The Morgan fingerprint density at radius 1 is 0.897 bits per heavy atom. The molecule has 0 bridgehead atoms. The van der Waals surface area contributed by atoms with E-state index in [0.29, 0.717) is 11.8 Å². The Hall–Kier alpha value is -3.74. The molecular formula is C22H20O7. The second kappa shape index (κ2) is 11.2. The predicted molar refractivity (Wildman–Crippen MR) is 103 cm³/mol. The Balaban J connectivity index is 2.16. The van der Waals surface area contributed by atoms with E-state index in [4.69, 9.17) is 9.47 Å². The van der Waals surface area contributed by atoms with Crippen LogP contribution in [0.4, 0.5) is 0 Å². The van der Waals surface area contributed by atoms with Gasteiger partial charge in [-0.3, -0.25) is 0 Å². The van der Waals surface area contributed by atoms with Crippen LogP contribution in [-0.2, 0) is 23.8 Å². The summed E-state index contributed by atoms with van der Waals surface area (Å²) in [4.78, 5) is 47.3. The molecule has 1 atom stereocenters. The summed E-state index contributed by atoms with van der Waals surface area (Å²) in [6.07, 6.45) is 0.331. The highest BCUT2D eigenvalue weighted by molar-refractivity contribution is 5.91. The molecule has 0 fully saturated rings. The van der Waals surface area contributed by atoms with Gasteiger partial charge in [0.15, 0.2) is 0 Å². The van der Waals surface area contributed by atoms with Gasteiger partial charge in [-0.25, -0.2) is 14.4 Å². The summed E-state index contributed by atoms with van der Waals surface area (Å²) in [6.45, 7) is 0. The summed E-state index contributed by atoms with van der Waals surface area (Å²) >= 11 is 0. The van der Waals surface area contributed by atoms with Crippen molar-refractivity contribution in [2.24, 2.45) is 0 Å². The quantitative estimate of drug-likeness (QED) is 0.211. The van der Waals surface area contributed by atoms with E-state index in [-0.39, 0.29) is 24.2 Å². The Morgan fingerprint density at radius 3 is 1.97 bits per heavy atom. The van der Waals surface area contributed by atoms with Crippen LogP contribution >= 0.6 is 0 Å². The zero-order valence-corrected chi connectivity index (χ0v) is 15.8. The number of methoxy groups -OCH3 is 1. The summed E-state index contributed by atoms with van der Waals surface area (Å²) in [6, 6.07) is 16.4. The second-order valence-electron chi connectivity index (χ2n) is 5.89. The molecule has 0 aliphatic heterocycles. The lowest BCUT2D eigenvalue weighted by Gasteiger charge is -2.17. The number of benzene rings is 2.